The van der Waals surface area contributed by atoms with Crippen LogP contribution in [0.15, 0.2) is 54.6 Å². The summed E-state index contributed by atoms with van der Waals surface area (Å²) in [7, 11) is 1.34. The van der Waals surface area contributed by atoms with Gasteiger partial charge in [0.25, 0.3) is 0 Å². The number of nitrogens with one attached hydrogen (secondary N) is 1. The van der Waals surface area contributed by atoms with E-state index in [1.54, 1.807) is 24.3 Å². The average Bonchev–Trinajstić information content (AvgIpc) is 2.65. The molecule has 0 spiro atoms. The van der Waals surface area contributed by atoms with Crippen molar-refractivity contribution in [3.8, 4) is 0 Å². The highest BCUT2D eigenvalue weighted by atomic mass is 19.1. The molecule has 0 aliphatic rings. The van der Waals surface area contributed by atoms with Gasteiger partial charge < -0.3 is 15.2 Å². The molecule has 0 fully saturated rings. The second-order valence-corrected chi connectivity index (χ2v) is 6.15. The van der Waals surface area contributed by atoms with E-state index in [1.807, 2.05) is 31.2 Å². The molecule has 0 bridgehead atoms. The van der Waals surface area contributed by atoms with Crippen molar-refractivity contribution >= 4 is 12.0 Å². The molecular formula is C21H24FNO3. The molecule has 26 heavy (non-hydrogen) atoms. The molecule has 0 aliphatic heterocycles. The summed E-state index contributed by atoms with van der Waals surface area (Å²) < 4.78 is 18.2. The van der Waals surface area contributed by atoms with Gasteiger partial charge in [-0.3, -0.25) is 0 Å². The SMILES string of the molecule is COC(=O)/C=C/c1ccc(CC(C)NCC(O)c2ccccc2F)cc1. The molecule has 5 heteroatoms. The first-order chi connectivity index (χ1) is 12.5. The van der Waals surface area contributed by atoms with Crippen molar-refractivity contribution in [3.05, 3.63) is 77.1 Å². The van der Waals surface area contributed by atoms with Crippen LogP contribution in [0.3, 0.4) is 0 Å². The zero-order chi connectivity index (χ0) is 18.9. The van der Waals surface area contributed by atoms with E-state index in [-0.39, 0.29) is 18.6 Å². The van der Waals surface area contributed by atoms with Gasteiger partial charge >= 0.3 is 5.97 Å². The molecular weight excluding hydrogens is 333 g/mol. The lowest BCUT2D eigenvalue weighted by Gasteiger charge is -2.18. The molecule has 2 N–H and O–H groups in total. The minimum atomic E-state index is -0.885. The first-order valence-electron chi connectivity index (χ1n) is 8.50. The topological polar surface area (TPSA) is 58.6 Å². The summed E-state index contributed by atoms with van der Waals surface area (Å²) in [5.74, 6) is -0.787. The Morgan fingerprint density at radius 3 is 2.58 bits per heavy atom. The number of carbonyl (C=O) groups is 1. The van der Waals surface area contributed by atoms with Gasteiger partial charge in [-0.25, -0.2) is 9.18 Å². The molecule has 0 aliphatic carbocycles. The van der Waals surface area contributed by atoms with Gasteiger partial charge in [0, 0.05) is 24.2 Å². The van der Waals surface area contributed by atoms with Crippen LogP contribution in [0, 0.1) is 5.82 Å². The summed E-state index contributed by atoms with van der Waals surface area (Å²) in [6.07, 6.45) is 2.96. The molecule has 138 valence electrons. The predicted octanol–water partition coefficient (Wildman–Crippen LogP) is 3.27. The van der Waals surface area contributed by atoms with Crippen molar-refractivity contribution < 1.29 is 19.0 Å². The standard InChI is InChI=1S/C21H24FNO3/c1-15(23-14-20(24)18-5-3-4-6-19(18)22)13-17-9-7-16(8-10-17)11-12-21(25)26-2/h3-12,15,20,23-24H,13-14H2,1-2H3/b12-11+. The third kappa shape index (κ3) is 6.10. The summed E-state index contributed by atoms with van der Waals surface area (Å²) in [6, 6.07) is 14.2. The van der Waals surface area contributed by atoms with E-state index in [4.69, 9.17) is 0 Å². The highest BCUT2D eigenvalue weighted by Gasteiger charge is 2.13. The number of hydrogen-bond donors (Lipinski definition) is 2. The summed E-state index contributed by atoms with van der Waals surface area (Å²) in [4.78, 5) is 11.1. The average molecular weight is 357 g/mol. The molecule has 4 nitrogen and oxygen atoms in total. The van der Waals surface area contributed by atoms with Crippen molar-refractivity contribution in [2.24, 2.45) is 0 Å². The Hall–Kier alpha value is -2.50. The van der Waals surface area contributed by atoms with Gasteiger partial charge in [-0.1, -0.05) is 42.5 Å². The highest BCUT2D eigenvalue weighted by molar-refractivity contribution is 5.86. The molecule has 2 atom stereocenters. The van der Waals surface area contributed by atoms with Gasteiger partial charge in [-0.2, -0.15) is 0 Å². The number of carbonyl (C=O) groups excluding carboxylic acids is 1. The van der Waals surface area contributed by atoms with Crippen molar-refractivity contribution in [3.63, 3.8) is 0 Å². The van der Waals surface area contributed by atoms with Crippen LogP contribution in [-0.2, 0) is 16.0 Å². The molecule has 0 saturated carbocycles. The van der Waals surface area contributed by atoms with Crippen LogP contribution in [-0.4, -0.2) is 30.8 Å². The summed E-state index contributed by atoms with van der Waals surface area (Å²) in [5.41, 5.74) is 2.34. The second-order valence-electron chi connectivity index (χ2n) is 6.15. The van der Waals surface area contributed by atoms with E-state index in [0.717, 1.165) is 17.5 Å². The van der Waals surface area contributed by atoms with Gasteiger partial charge in [0.05, 0.1) is 13.2 Å². The smallest absolute Gasteiger partial charge is 0.330 e. The molecule has 2 rings (SSSR count). The van der Waals surface area contributed by atoms with Crippen LogP contribution in [0.4, 0.5) is 4.39 Å². The van der Waals surface area contributed by atoms with Crippen molar-refractivity contribution in [2.45, 2.75) is 25.5 Å². The van der Waals surface area contributed by atoms with Crippen LogP contribution in [0.25, 0.3) is 6.08 Å². The Morgan fingerprint density at radius 2 is 1.92 bits per heavy atom. The molecule has 0 saturated heterocycles. The molecule has 2 unspecified atom stereocenters. The number of ether oxygens (including phenoxy) is 1. The fourth-order valence-electron chi connectivity index (χ4n) is 2.59. The van der Waals surface area contributed by atoms with Gasteiger partial charge in [-0.15, -0.1) is 0 Å². The maximum Gasteiger partial charge on any atom is 0.330 e. The summed E-state index contributed by atoms with van der Waals surface area (Å²) in [6.45, 7) is 2.29. The number of aliphatic hydroxyl groups is 1. The van der Waals surface area contributed by atoms with E-state index in [2.05, 4.69) is 10.1 Å². The lowest BCUT2D eigenvalue weighted by atomic mass is 10.0. The van der Waals surface area contributed by atoms with Crippen molar-refractivity contribution in [1.29, 1.82) is 0 Å². The van der Waals surface area contributed by atoms with Gasteiger partial charge in [0.1, 0.15) is 5.82 Å². The Balaban J connectivity index is 1.84. The largest absolute Gasteiger partial charge is 0.466 e. The van der Waals surface area contributed by atoms with Crippen LogP contribution >= 0.6 is 0 Å². The molecule has 0 amide bonds. The fraction of sp³-hybridized carbons (Fsp3) is 0.286. The number of rotatable bonds is 8. The number of aliphatic hydroxyl groups excluding tert-OH is 1. The molecule has 2 aromatic rings. The zero-order valence-electron chi connectivity index (χ0n) is 15.0. The third-order valence-electron chi connectivity index (χ3n) is 4.06. The second kappa shape index (κ2) is 9.85. The lowest BCUT2D eigenvalue weighted by molar-refractivity contribution is -0.134. The molecule has 0 aromatic heterocycles. The first-order valence-corrected chi connectivity index (χ1v) is 8.50. The normalized spacial score (nSPS) is 13.5. The fourth-order valence-corrected chi connectivity index (χ4v) is 2.59. The van der Waals surface area contributed by atoms with Gasteiger partial charge in [-0.05, 0) is 36.6 Å². The summed E-state index contributed by atoms with van der Waals surface area (Å²) in [5, 5.41) is 13.4. The van der Waals surface area contributed by atoms with Gasteiger partial charge in [0.2, 0.25) is 0 Å². The minimum absolute atomic E-state index is 0.118. The molecule has 2 aromatic carbocycles. The number of hydrogen-bond acceptors (Lipinski definition) is 4. The summed E-state index contributed by atoms with van der Waals surface area (Å²) >= 11 is 0. The Morgan fingerprint density at radius 1 is 1.23 bits per heavy atom. The van der Waals surface area contributed by atoms with E-state index < -0.39 is 11.9 Å². The third-order valence-corrected chi connectivity index (χ3v) is 4.06. The first kappa shape index (κ1) is 19.8. The Labute approximate surface area is 153 Å². The van der Waals surface area contributed by atoms with Crippen LogP contribution in [0.2, 0.25) is 0 Å². The number of halogens is 1. The molecule has 0 radical (unpaired) electrons. The van der Waals surface area contributed by atoms with Crippen LogP contribution in [0.5, 0.6) is 0 Å². The number of benzene rings is 2. The van der Waals surface area contributed by atoms with E-state index in [0.29, 0.717) is 5.56 Å². The van der Waals surface area contributed by atoms with Crippen molar-refractivity contribution in [2.75, 3.05) is 13.7 Å². The Bertz CT molecular complexity index is 743. The zero-order valence-corrected chi connectivity index (χ0v) is 15.0. The molecule has 0 heterocycles. The van der Waals surface area contributed by atoms with Crippen molar-refractivity contribution in [1.82, 2.24) is 5.32 Å². The van der Waals surface area contributed by atoms with Crippen LogP contribution < -0.4 is 5.32 Å². The monoisotopic (exact) mass is 357 g/mol. The predicted molar refractivity (Wildman–Crippen MR) is 100 cm³/mol. The van der Waals surface area contributed by atoms with Crippen LogP contribution in [0.1, 0.15) is 29.7 Å². The van der Waals surface area contributed by atoms with E-state index in [1.165, 1.54) is 19.3 Å². The Kier molecular flexibility index (Phi) is 7.51. The number of methoxy groups -OCH3 is 1. The van der Waals surface area contributed by atoms with E-state index in [9.17, 15) is 14.3 Å². The minimum Gasteiger partial charge on any atom is -0.466 e. The highest BCUT2D eigenvalue weighted by Crippen LogP contribution is 2.16. The lowest BCUT2D eigenvalue weighted by Crippen LogP contribution is -2.32. The maximum absolute atomic E-state index is 13.7. The van der Waals surface area contributed by atoms with Gasteiger partial charge in [0.15, 0.2) is 0 Å². The quantitative estimate of drug-likeness (QED) is 0.562. The maximum atomic E-state index is 13.7. The van der Waals surface area contributed by atoms with E-state index >= 15 is 0 Å². The number of esters is 1.